The molecule has 0 aromatic carbocycles. The minimum Gasteiger partial charge on any atom is -0.390 e. The smallest absolute Gasteiger partial charge is 0.255 e. The molecule has 2 N–H and O–H groups in total. The van der Waals surface area contributed by atoms with Gasteiger partial charge in [0.25, 0.3) is 5.92 Å². The first kappa shape index (κ1) is 18.5. The molecule has 0 heterocycles. The Kier molecular flexibility index (Phi) is 4.54. The third kappa shape index (κ3) is 3.63. The van der Waals surface area contributed by atoms with E-state index in [4.69, 9.17) is 4.74 Å². The average molecular weight is 346 g/mol. The van der Waals surface area contributed by atoms with Crippen LogP contribution in [0.3, 0.4) is 0 Å². The maximum atomic E-state index is 14.0. The molecule has 0 aromatic heterocycles. The van der Waals surface area contributed by atoms with E-state index < -0.39 is 29.5 Å². The SMILES string of the molecule is CC(C)(C)C(F)(F)CC(O)COCC12CC3CC(CC(O)(C3)C1)C2. The number of hydrogen-bond acceptors (Lipinski definition) is 3. The number of halogens is 2. The summed E-state index contributed by atoms with van der Waals surface area (Å²) in [5.41, 5.74) is -1.71. The van der Waals surface area contributed by atoms with Crippen molar-refractivity contribution in [2.75, 3.05) is 13.2 Å². The predicted octanol–water partition coefficient (Wildman–Crippen LogP) is 3.77. The predicted molar refractivity (Wildman–Crippen MR) is 87.9 cm³/mol. The Bertz CT molecular complexity index is 458. The fourth-order valence-corrected chi connectivity index (χ4v) is 5.64. The molecule has 4 saturated carbocycles. The Morgan fingerprint density at radius 1 is 1.12 bits per heavy atom. The van der Waals surface area contributed by atoms with Crippen molar-refractivity contribution >= 4 is 0 Å². The Hall–Kier alpha value is -0.260. The van der Waals surface area contributed by atoms with Crippen LogP contribution in [0, 0.1) is 22.7 Å². The van der Waals surface area contributed by atoms with E-state index in [1.807, 2.05) is 0 Å². The summed E-state index contributed by atoms with van der Waals surface area (Å²) >= 11 is 0. The van der Waals surface area contributed by atoms with Crippen LogP contribution in [0.15, 0.2) is 0 Å². The first-order chi connectivity index (χ1) is 10.9. The Labute approximate surface area is 143 Å². The van der Waals surface area contributed by atoms with Crippen LogP contribution in [-0.2, 0) is 4.74 Å². The van der Waals surface area contributed by atoms with Gasteiger partial charge in [-0.25, -0.2) is 8.78 Å². The topological polar surface area (TPSA) is 49.7 Å². The number of aliphatic hydroxyl groups is 2. The molecule has 0 amide bonds. The average Bonchev–Trinajstić information content (AvgIpc) is 2.32. The molecule has 0 saturated heterocycles. The van der Waals surface area contributed by atoms with Crippen molar-refractivity contribution in [3.05, 3.63) is 0 Å². The molecule has 3 nitrogen and oxygen atoms in total. The van der Waals surface area contributed by atoms with Gasteiger partial charge in [-0.05, 0) is 55.8 Å². The van der Waals surface area contributed by atoms with Crippen molar-refractivity contribution < 1.29 is 23.7 Å². The fourth-order valence-electron chi connectivity index (χ4n) is 5.64. The van der Waals surface area contributed by atoms with Crippen molar-refractivity contribution in [1.82, 2.24) is 0 Å². The highest BCUT2D eigenvalue weighted by atomic mass is 19.3. The second kappa shape index (κ2) is 5.88. The summed E-state index contributed by atoms with van der Waals surface area (Å²) in [6, 6.07) is 0. The summed E-state index contributed by atoms with van der Waals surface area (Å²) < 4.78 is 33.7. The summed E-state index contributed by atoms with van der Waals surface area (Å²) in [7, 11) is 0. The summed E-state index contributed by atoms with van der Waals surface area (Å²) in [5.74, 6) is -1.77. The first-order valence-corrected chi connectivity index (χ1v) is 9.28. The first-order valence-electron chi connectivity index (χ1n) is 9.28. The van der Waals surface area contributed by atoms with E-state index in [1.165, 1.54) is 27.2 Å². The highest BCUT2D eigenvalue weighted by Crippen LogP contribution is 2.61. The lowest BCUT2D eigenvalue weighted by atomic mass is 9.48. The fraction of sp³-hybridized carbons (Fsp3) is 1.00. The highest BCUT2D eigenvalue weighted by Gasteiger charge is 2.57. The van der Waals surface area contributed by atoms with E-state index in [1.54, 1.807) is 0 Å². The van der Waals surface area contributed by atoms with Gasteiger partial charge in [0.2, 0.25) is 0 Å². The summed E-state index contributed by atoms with van der Waals surface area (Å²) in [6.07, 6.45) is 4.21. The molecule has 0 radical (unpaired) electrons. The Morgan fingerprint density at radius 3 is 2.21 bits per heavy atom. The van der Waals surface area contributed by atoms with E-state index >= 15 is 0 Å². The highest BCUT2D eigenvalue weighted by molar-refractivity contribution is 5.08. The summed E-state index contributed by atoms with van der Waals surface area (Å²) in [5, 5.41) is 20.7. The lowest BCUT2D eigenvalue weighted by Gasteiger charge is -2.60. The molecule has 4 aliphatic carbocycles. The van der Waals surface area contributed by atoms with Crippen molar-refractivity contribution in [2.45, 2.75) is 83.3 Å². The van der Waals surface area contributed by atoms with Crippen LogP contribution in [0.25, 0.3) is 0 Å². The van der Waals surface area contributed by atoms with Gasteiger partial charge < -0.3 is 14.9 Å². The van der Waals surface area contributed by atoms with Crippen LogP contribution in [0.2, 0.25) is 0 Å². The van der Waals surface area contributed by atoms with Crippen molar-refractivity contribution in [3.63, 3.8) is 0 Å². The van der Waals surface area contributed by atoms with Gasteiger partial charge in [-0.3, -0.25) is 0 Å². The van der Waals surface area contributed by atoms with Crippen molar-refractivity contribution in [3.8, 4) is 0 Å². The molecule has 0 aliphatic heterocycles. The van der Waals surface area contributed by atoms with Gasteiger partial charge in [-0.1, -0.05) is 20.8 Å². The number of alkyl halides is 2. The third-order valence-electron chi connectivity index (χ3n) is 6.46. The maximum absolute atomic E-state index is 14.0. The second-order valence-electron chi connectivity index (χ2n) is 10.0. The van der Waals surface area contributed by atoms with Gasteiger partial charge in [-0.15, -0.1) is 0 Å². The van der Waals surface area contributed by atoms with E-state index in [-0.39, 0.29) is 12.0 Å². The monoisotopic (exact) mass is 346 g/mol. The molecule has 4 aliphatic rings. The van der Waals surface area contributed by atoms with Gasteiger partial charge in [0.1, 0.15) is 0 Å². The molecule has 140 valence electrons. The van der Waals surface area contributed by atoms with E-state index in [2.05, 4.69) is 0 Å². The lowest BCUT2D eigenvalue weighted by Crippen LogP contribution is -2.57. The normalized spacial score (nSPS) is 40.1. The van der Waals surface area contributed by atoms with E-state index in [0.717, 1.165) is 32.1 Å². The summed E-state index contributed by atoms with van der Waals surface area (Å²) in [6.45, 7) is 4.87. The molecule has 0 aromatic rings. The quantitative estimate of drug-likeness (QED) is 0.770. The molecule has 4 bridgehead atoms. The zero-order valence-electron chi connectivity index (χ0n) is 15.2. The van der Waals surface area contributed by atoms with Crippen LogP contribution in [0.5, 0.6) is 0 Å². The molecule has 3 atom stereocenters. The molecule has 4 rings (SSSR count). The Morgan fingerprint density at radius 2 is 1.71 bits per heavy atom. The van der Waals surface area contributed by atoms with Crippen LogP contribution in [0.1, 0.15) is 65.7 Å². The number of rotatable bonds is 6. The van der Waals surface area contributed by atoms with Crippen LogP contribution < -0.4 is 0 Å². The molecule has 3 unspecified atom stereocenters. The molecular weight excluding hydrogens is 314 g/mol. The van der Waals surface area contributed by atoms with Crippen molar-refractivity contribution in [2.24, 2.45) is 22.7 Å². The zero-order valence-corrected chi connectivity index (χ0v) is 15.2. The molecule has 24 heavy (non-hydrogen) atoms. The van der Waals surface area contributed by atoms with Gasteiger partial charge in [0.05, 0.1) is 24.9 Å². The standard InChI is InChI=1S/C19H32F2O3/c1-16(2,3)19(20,21)9-15(22)10-24-12-17-5-13-4-14(6-17)8-18(23,7-13)11-17/h13-15,22-23H,4-12H2,1-3H3. The van der Waals surface area contributed by atoms with Gasteiger partial charge in [0, 0.05) is 11.8 Å². The second-order valence-corrected chi connectivity index (χ2v) is 10.0. The van der Waals surface area contributed by atoms with Crippen LogP contribution >= 0.6 is 0 Å². The molecular formula is C19H32F2O3. The largest absolute Gasteiger partial charge is 0.390 e. The van der Waals surface area contributed by atoms with Gasteiger partial charge in [-0.2, -0.15) is 0 Å². The van der Waals surface area contributed by atoms with E-state index in [9.17, 15) is 19.0 Å². The van der Waals surface area contributed by atoms with E-state index in [0.29, 0.717) is 18.4 Å². The van der Waals surface area contributed by atoms with Crippen LogP contribution in [0.4, 0.5) is 8.78 Å². The van der Waals surface area contributed by atoms with Gasteiger partial charge >= 0.3 is 0 Å². The number of hydrogen-bond donors (Lipinski definition) is 2. The van der Waals surface area contributed by atoms with Crippen molar-refractivity contribution in [1.29, 1.82) is 0 Å². The molecule has 0 spiro atoms. The zero-order chi connectivity index (χ0) is 17.8. The minimum absolute atomic E-state index is 0.00883. The Balaban J connectivity index is 1.50. The molecule has 5 heteroatoms. The van der Waals surface area contributed by atoms with Crippen LogP contribution in [-0.4, -0.2) is 41.1 Å². The lowest BCUT2D eigenvalue weighted by molar-refractivity contribution is -0.185. The number of aliphatic hydroxyl groups excluding tert-OH is 1. The minimum atomic E-state index is -2.92. The third-order valence-corrected chi connectivity index (χ3v) is 6.46. The summed E-state index contributed by atoms with van der Waals surface area (Å²) in [4.78, 5) is 0. The number of ether oxygens (including phenoxy) is 1. The molecule has 4 fully saturated rings. The maximum Gasteiger partial charge on any atom is 0.255 e. The van der Waals surface area contributed by atoms with Gasteiger partial charge in [0.15, 0.2) is 0 Å².